The summed E-state index contributed by atoms with van der Waals surface area (Å²) >= 11 is 0. The van der Waals surface area contributed by atoms with Crippen LogP contribution in [0.2, 0.25) is 0 Å². The van der Waals surface area contributed by atoms with Crippen LogP contribution in [0.1, 0.15) is 42.1 Å². The normalized spacial score (nSPS) is 10.3. The van der Waals surface area contributed by atoms with Gasteiger partial charge in [-0.25, -0.2) is 9.78 Å². The Hall–Kier alpha value is -2.89. The number of benzene rings is 1. The van der Waals surface area contributed by atoms with E-state index in [0.29, 0.717) is 24.5 Å². The lowest BCUT2D eigenvalue weighted by Crippen LogP contribution is -2.21. The lowest BCUT2D eigenvalue weighted by molar-refractivity contribution is -0.116. The molecular formula is C19H23N3O3. The van der Waals surface area contributed by atoms with Gasteiger partial charge in [0.15, 0.2) is 0 Å². The summed E-state index contributed by atoms with van der Waals surface area (Å²) in [4.78, 5) is 29.5. The maximum Gasteiger partial charge on any atom is 0.339 e. The van der Waals surface area contributed by atoms with Gasteiger partial charge in [-0.3, -0.25) is 4.79 Å². The van der Waals surface area contributed by atoms with E-state index in [1.165, 1.54) is 12.3 Å². The monoisotopic (exact) mass is 341 g/mol. The average molecular weight is 341 g/mol. The summed E-state index contributed by atoms with van der Waals surface area (Å²) < 4.78 is 0. The van der Waals surface area contributed by atoms with Crippen molar-refractivity contribution in [1.29, 1.82) is 0 Å². The molecule has 0 aliphatic rings. The van der Waals surface area contributed by atoms with Crippen molar-refractivity contribution in [3.8, 4) is 0 Å². The number of hydrogen-bond acceptors (Lipinski definition) is 4. The van der Waals surface area contributed by atoms with Crippen LogP contribution >= 0.6 is 0 Å². The van der Waals surface area contributed by atoms with Crippen LogP contribution in [0.5, 0.6) is 0 Å². The van der Waals surface area contributed by atoms with Gasteiger partial charge in [-0.05, 0) is 18.1 Å². The van der Waals surface area contributed by atoms with Crippen molar-refractivity contribution in [3.05, 3.63) is 53.7 Å². The van der Waals surface area contributed by atoms with Crippen molar-refractivity contribution in [2.45, 2.75) is 32.7 Å². The highest BCUT2D eigenvalue weighted by Gasteiger charge is 2.17. The summed E-state index contributed by atoms with van der Waals surface area (Å²) in [6.07, 6.45) is 3.62. The molecule has 6 nitrogen and oxygen atoms in total. The van der Waals surface area contributed by atoms with Crippen LogP contribution in [-0.4, -0.2) is 29.0 Å². The third-order valence-corrected chi connectivity index (χ3v) is 3.76. The van der Waals surface area contributed by atoms with Gasteiger partial charge in [0, 0.05) is 20.0 Å². The quantitative estimate of drug-likeness (QED) is 0.767. The number of amides is 1. The molecule has 0 aliphatic carbocycles. The second-order valence-corrected chi connectivity index (χ2v) is 5.89. The fourth-order valence-electron chi connectivity index (χ4n) is 2.48. The Balaban J connectivity index is 2.18. The first-order valence-corrected chi connectivity index (χ1v) is 8.29. The number of nitrogens with zero attached hydrogens (tertiary/aromatic N) is 2. The first-order valence-electron chi connectivity index (χ1n) is 8.29. The first kappa shape index (κ1) is 18.4. The van der Waals surface area contributed by atoms with Gasteiger partial charge >= 0.3 is 5.97 Å². The molecule has 0 aliphatic heterocycles. The molecule has 0 unspecified atom stereocenters. The molecule has 1 amide bonds. The van der Waals surface area contributed by atoms with Crippen LogP contribution in [0.25, 0.3) is 0 Å². The zero-order chi connectivity index (χ0) is 18.2. The number of nitrogens with one attached hydrogen (secondary N) is 1. The van der Waals surface area contributed by atoms with Gasteiger partial charge in [0.2, 0.25) is 5.91 Å². The lowest BCUT2D eigenvalue weighted by Gasteiger charge is -2.20. The molecule has 2 aromatic rings. The highest BCUT2D eigenvalue weighted by atomic mass is 16.4. The van der Waals surface area contributed by atoms with E-state index in [0.717, 1.165) is 18.4 Å². The summed E-state index contributed by atoms with van der Waals surface area (Å²) in [5.41, 5.74) is 1.52. The molecule has 0 saturated heterocycles. The summed E-state index contributed by atoms with van der Waals surface area (Å²) in [6, 6.07) is 11.2. The zero-order valence-electron chi connectivity index (χ0n) is 14.5. The number of hydrogen-bond donors (Lipinski definition) is 2. The molecule has 1 aromatic carbocycles. The van der Waals surface area contributed by atoms with Crippen LogP contribution in [0.15, 0.2) is 42.6 Å². The van der Waals surface area contributed by atoms with Gasteiger partial charge < -0.3 is 15.3 Å². The van der Waals surface area contributed by atoms with Crippen LogP contribution < -0.4 is 10.2 Å². The minimum absolute atomic E-state index is 0.0618. The Morgan fingerprint density at radius 2 is 1.96 bits per heavy atom. The van der Waals surface area contributed by atoms with E-state index >= 15 is 0 Å². The maximum absolute atomic E-state index is 11.8. The van der Waals surface area contributed by atoms with E-state index in [-0.39, 0.29) is 11.5 Å². The Kier molecular flexibility index (Phi) is 6.51. The van der Waals surface area contributed by atoms with Gasteiger partial charge in [-0.1, -0.05) is 43.7 Å². The molecule has 0 radical (unpaired) electrons. The largest absolute Gasteiger partial charge is 0.478 e. The number of anilines is 2. The number of rotatable bonds is 8. The van der Waals surface area contributed by atoms with Crippen LogP contribution in [0.3, 0.4) is 0 Å². The Bertz CT molecular complexity index is 732. The highest BCUT2D eigenvalue weighted by Crippen LogP contribution is 2.22. The van der Waals surface area contributed by atoms with Gasteiger partial charge in [-0.2, -0.15) is 0 Å². The second-order valence-electron chi connectivity index (χ2n) is 5.89. The number of aromatic nitrogens is 1. The maximum atomic E-state index is 11.8. The van der Waals surface area contributed by atoms with E-state index < -0.39 is 5.97 Å². The van der Waals surface area contributed by atoms with E-state index in [9.17, 15) is 14.7 Å². The van der Waals surface area contributed by atoms with E-state index in [2.05, 4.69) is 10.3 Å². The molecule has 1 aromatic heterocycles. The number of carbonyl (C=O) groups is 2. The van der Waals surface area contributed by atoms with Crippen LogP contribution in [-0.2, 0) is 11.3 Å². The number of aromatic carboxylic acids is 1. The van der Waals surface area contributed by atoms with E-state index in [4.69, 9.17) is 0 Å². The molecule has 1 heterocycles. The fourth-order valence-corrected chi connectivity index (χ4v) is 2.48. The standard InChI is InChI=1S/C19H23N3O3/c1-3-4-10-17(23)21-15-11-16(19(24)25)18(20-12-15)22(2)13-14-8-6-5-7-9-14/h5-9,11-12H,3-4,10,13H2,1-2H3,(H,21,23)(H,24,25). The molecule has 132 valence electrons. The van der Waals surface area contributed by atoms with E-state index in [1.54, 1.807) is 11.9 Å². The minimum atomic E-state index is -1.08. The topological polar surface area (TPSA) is 82.5 Å². The Labute approximate surface area is 147 Å². The molecule has 0 saturated carbocycles. The van der Waals surface area contributed by atoms with E-state index in [1.807, 2.05) is 37.3 Å². The third-order valence-electron chi connectivity index (χ3n) is 3.76. The molecule has 2 N–H and O–H groups in total. The van der Waals surface area contributed by atoms with Gasteiger partial charge in [-0.15, -0.1) is 0 Å². The second kappa shape index (κ2) is 8.82. The van der Waals surface area contributed by atoms with Crippen molar-refractivity contribution in [2.24, 2.45) is 0 Å². The molecular weight excluding hydrogens is 318 g/mol. The third kappa shape index (κ3) is 5.31. The number of carbonyl (C=O) groups excluding carboxylic acids is 1. The molecule has 0 bridgehead atoms. The summed E-state index contributed by atoms with van der Waals surface area (Å²) in [5.74, 6) is -0.847. The Morgan fingerprint density at radius 1 is 1.24 bits per heavy atom. The smallest absolute Gasteiger partial charge is 0.339 e. The highest BCUT2D eigenvalue weighted by molar-refractivity contribution is 5.96. The summed E-state index contributed by atoms with van der Waals surface area (Å²) in [5, 5.41) is 12.2. The minimum Gasteiger partial charge on any atom is -0.478 e. The molecule has 2 rings (SSSR count). The molecule has 25 heavy (non-hydrogen) atoms. The molecule has 6 heteroatoms. The van der Waals surface area contributed by atoms with Crippen LogP contribution in [0.4, 0.5) is 11.5 Å². The molecule has 0 fully saturated rings. The summed E-state index contributed by atoms with van der Waals surface area (Å²) in [7, 11) is 1.79. The number of pyridine rings is 1. The van der Waals surface area contributed by atoms with Gasteiger partial charge in [0.25, 0.3) is 0 Å². The number of unbranched alkanes of at least 4 members (excludes halogenated alkanes) is 1. The predicted octanol–water partition coefficient (Wildman–Crippen LogP) is 3.54. The molecule has 0 atom stereocenters. The Morgan fingerprint density at radius 3 is 2.60 bits per heavy atom. The van der Waals surface area contributed by atoms with Crippen molar-refractivity contribution in [3.63, 3.8) is 0 Å². The lowest BCUT2D eigenvalue weighted by atomic mass is 10.2. The average Bonchev–Trinajstić information content (AvgIpc) is 2.60. The number of carboxylic acids is 1. The van der Waals surface area contributed by atoms with Crippen molar-refractivity contribution in [1.82, 2.24) is 4.98 Å². The van der Waals surface area contributed by atoms with Crippen molar-refractivity contribution >= 4 is 23.4 Å². The zero-order valence-corrected chi connectivity index (χ0v) is 14.5. The SMILES string of the molecule is CCCCC(=O)Nc1cnc(N(C)Cc2ccccc2)c(C(=O)O)c1. The summed E-state index contributed by atoms with van der Waals surface area (Å²) in [6.45, 7) is 2.55. The fraction of sp³-hybridized carbons (Fsp3) is 0.316. The van der Waals surface area contributed by atoms with Crippen LogP contribution in [0, 0.1) is 0 Å². The molecule has 0 spiro atoms. The van der Waals surface area contributed by atoms with Crippen molar-refractivity contribution < 1.29 is 14.7 Å². The first-order chi connectivity index (χ1) is 12.0. The predicted molar refractivity (Wildman–Crippen MR) is 97.9 cm³/mol. The van der Waals surface area contributed by atoms with Crippen molar-refractivity contribution in [2.75, 3.05) is 17.3 Å². The van der Waals surface area contributed by atoms with Gasteiger partial charge in [0.1, 0.15) is 11.4 Å². The number of carboxylic acid groups (broad SMARTS) is 1. The van der Waals surface area contributed by atoms with Gasteiger partial charge in [0.05, 0.1) is 11.9 Å².